The number of hydrogen-bond donors (Lipinski definition) is 3. The Morgan fingerprint density at radius 3 is 2.55 bits per heavy atom. The lowest BCUT2D eigenvalue weighted by Crippen LogP contribution is -2.24. The van der Waals surface area contributed by atoms with E-state index in [2.05, 4.69) is 63.8 Å². The zero-order valence-electron chi connectivity index (χ0n) is 18.0. The van der Waals surface area contributed by atoms with Gasteiger partial charge in [0.2, 0.25) is 11.9 Å². The Morgan fingerprint density at radius 1 is 1.10 bits per heavy atom. The molecular weight excluding hydrogens is 392 g/mol. The molecule has 4 aromatic rings. The van der Waals surface area contributed by atoms with E-state index in [1.165, 1.54) is 0 Å². The third-order valence-corrected chi connectivity index (χ3v) is 5.32. The number of aromatic nitrogens is 4. The fraction of sp³-hybridized carbons (Fsp3) is 0.348. The van der Waals surface area contributed by atoms with Crippen molar-refractivity contribution in [3.63, 3.8) is 0 Å². The average Bonchev–Trinajstić information content (AvgIpc) is 3.46. The first kappa shape index (κ1) is 20.9. The van der Waals surface area contributed by atoms with E-state index in [0.29, 0.717) is 18.4 Å². The highest BCUT2D eigenvalue weighted by molar-refractivity contribution is 5.62. The summed E-state index contributed by atoms with van der Waals surface area (Å²) in [5.41, 5.74) is 5.09. The van der Waals surface area contributed by atoms with Gasteiger partial charge in [0.1, 0.15) is 0 Å². The molecule has 1 aromatic carbocycles. The number of hydrogen-bond acceptors (Lipinski definition) is 7. The van der Waals surface area contributed by atoms with Crippen molar-refractivity contribution in [3.8, 4) is 11.1 Å². The first-order chi connectivity index (χ1) is 15.1. The number of aliphatic hydroxyl groups excluding tert-OH is 1. The van der Waals surface area contributed by atoms with Crippen molar-refractivity contribution in [2.45, 2.75) is 45.7 Å². The first-order valence-corrected chi connectivity index (χ1v) is 10.6. The number of aliphatic hydroxyl groups is 1. The lowest BCUT2D eigenvalue weighted by Gasteiger charge is -2.16. The van der Waals surface area contributed by atoms with E-state index in [4.69, 9.17) is 4.42 Å². The summed E-state index contributed by atoms with van der Waals surface area (Å²) in [5.74, 6) is 1.36. The number of nitrogens with zero attached hydrogens (tertiary/aromatic N) is 4. The van der Waals surface area contributed by atoms with Crippen LogP contribution in [0, 0.1) is 0 Å². The van der Waals surface area contributed by atoms with Gasteiger partial charge in [-0.1, -0.05) is 45.0 Å². The Labute approximate surface area is 181 Å². The lowest BCUT2D eigenvalue weighted by molar-refractivity contribution is 0.271. The fourth-order valence-corrected chi connectivity index (χ4v) is 3.37. The minimum Gasteiger partial charge on any atom is -0.472 e. The molecule has 0 aliphatic heterocycles. The quantitative estimate of drug-likeness (QED) is 0.371. The molecule has 8 heteroatoms. The van der Waals surface area contributed by atoms with Gasteiger partial charge in [-0.2, -0.15) is 19.6 Å². The Hall–Kier alpha value is -3.39. The third kappa shape index (κ3) is 4.54. The van der Waals surface area contributed by atoms with Gasteiger partial charge in [0.15, 0.2) is 5.65 Å². The smallest absolute Gasteiger partial charge is 0.229 e. The van der Waals surface area contributed by atoms with Crippen LogP contribution in [-0.2, 0) is 6.54 Å². The monoisotopic (exact) mass is 420 g/mol. The molecular formula is C23H28N6O2. The molecule has 0 aliphatic carbocycles. The number of benzene rings is 1. The van der Waals surface area contributed by atoms with Crippen molar-refractivity contribution < 1.29 is 9.52 Å². The molecule has 1 atom stereocenters. The molecule has 4 rings (SSSR count). The number of rotatable bonds is 9. The highest BCUT2D eigenvalue weighted by atomic mass is 16.3. The van der Waals surface area contributed by atoms with E-state index in [9.17, 15) is 5.11 Å². The van der Waals surface area contributed by atoms with E-state index in [1.54, 1.807) is 17.0 Å². The SMILES string of the molecule is CC[C@H](CO)Nc1nc(NCc2ccc(-c3ccoc3)cc2)n2ncc(C(C)C)c2n1. The minimum absolute atomic E-state index is 0.0209. The second kappa shape index (κ2) is 9.18. The maximum Gasteiger partial charge on any atom is 0.229 e. The number of furan rings is 1. The van der Waals surface area contributed by atoms with Gasteiger partial charge in [-0.05, 0) is 29.5 Å². The van der Waals surface area contributed by atoms with Crippen LogP contribution in [0.4, 0.5) is 11.9 Å². The lowest BCUT2D eigenvalue weighted by atomic mass is 10.1. The van der Waals surface area contributed by atoms with Crippen molar-refractivity contribution in [2.75, 3.05) is 17.2 Å². The normalized spacial score (nSPS) is 12.4. The average molecular weight is 421 g/mol. The molecule has 8 nitrogen and oxygen atoms in total. The topological polar surface area (TPSA) is 101 Å². The maximum absolute atomic E-state index is 9.56. The van der Waals surface area contributed by atoms with Gasteiger partial charge in [-0.15, -0.1) is 0 Å². The molecule has 0 aliphatic rings. The largest absolute Gasteiger partial charge is 0.472 e. The van der Waals surface area contributed by atoms with E-state index >= 15 is 0 Å². The summed E-state index contributed by atoms with van der Waals surface area (Å²) in [5, 5.41) is 20.7. The van der Waals surface area contributed by atoms with Gasteiger partial charge < -0.3 is 20.2 Å². The van der Waals surface area contributed by atoms with Gasteiger partial charge >= 0.3 is 0 Å². The molecule has 0 bridgehead atoms. The predicted octanol–water partition coefficient (Wildman–Crippen LogP) is 4.30. The summed E-state index contributed by atoms with van der Waals surface area (Å²) in [4.78, 5) is 9.29. The zero-order valence-corrected chi connectivity index (χ0v) is 18.0. The summed E-state index contributed by atoms with van der Waals surface area (Å²) in [7, 11) is 0. The van der Waals surface area contributed by atoms with Crippen LogP contribution in [-0.4, -0.2) is 37.3 Å². The summed E-state index contributed by atoms with van der Waals surface area (Å²) in [6, 6.07) is 10.1. The Morgan fingerprint density at radius 2 is 1.90 bits per heavy atom. The molecule has 3 N–H and O–H groups in total. The molecule has 31 heavy (non-hydrogen) atoms. The molecule has 0 fully saturated rings. The highest BCUT2D eigenvalue weighted by Gasteiger charge is 2.16. The van der Waals surface area contributed by atoms with Crippen molar-refractivity contribution in [2.24, 2.45) is 0 Å². The second-order valence-electron chi connectivity index (χ2n) is 7.86. The summed E-state index contributed by atoms with van der Waals surface area (Å²) < 4.78 is 6.90. The molecule has 3 aromatic heterocycles. The molecule has 0 radical (unpaired) electrons. The van der Waals surface area contributed by atoms with Crippen LogP contribution < -0.4 is 10.6 Å². The summed E-state index contributed by atoms with van der Waals surface area (Å²) in [6.45, 7) is 6.85. The van der Waals surface area contributed by atoms with Crippen LogP contribution in [0.1, 0.15) is 44.2 Å². The van der Waals surface area contributed by atoms with Crippen LogP contribution in [0.15, 0.2) is 53.5 Å². The van der Waals surface area contributed by atoms with Crippen molar-refractivity contribution in [1.82, 2.24) is 19.6 Å². The number of fused-ring (bicyclic) bond motifs is 1. The fourth-order valence-electron chi connectivity index (χ4n) is 3.37. The van der Waals surface area contributed by atoms with Gasteiger partial charge in [0, 0.05) is 17.7 Å². The van der Waals surface area contributed by atoms with Crippen LogP contribution in [0.5, 0.6) is 0 Å². The van der Waals surface area contributed by atoms with E-state index in [1.807, 2.05) is 19.2 Å². The zero-order chi connectivity index (χ0) is 21.8. The Balaban J connectivity index is 1.59. The van der Waals surface area contributed by atoms with Gasteiger partial charge in [0.05, 0.1) is 31.4 Å². The van der Waals surface area contributed by atoms with Crippen molar-refractivity contribution in [3.05, 3.63) is 60.2 Å². The highest BCUT2D eigenvalue weighted by Crippen LogP contribution is 2.23. The van der Waals surface area contributed by atoms with E-state index in [-0.39, 0.29) is 18.6 Å². The standard InChI is InChI=1S/C23H28N6O2/c1-4-19(13-30)26-22-27-21-20(15(2)3)12-25-29(21)23(28-22)24-11-16-5-7-17(8-6-16)18-9-10-31-14-18/h5-10,12,14-15,19,30H,4,11,13H2,1-3H3,(H2,24,26,27,28)/t19-/m1/s1. The van der Waals surface area contributed by atoms with Crippen LogP contribution in [0.2, 0.25) is 0 Å². The summed E-state index contributed by atoms with van der Waals surface area (Å²) >= 11 is 0. The molecule has 3 heterocycles. The maximum atomic E-state index is 9.56. The van der Waals surface area contributed by atoms with Crippen LogP contribution >= 0.6 is 0 Å². The number of nitrogens with one attached hydrogen (secondary N) is 2. The van der Waals surface area contributed by atoms with Gasteiger partial charge in [-0.25, -0.2) is 0 Å². The Bertz CT molecular complexity index is 1120. The number of anilines is 2. The van der Waals surface area contributed by atoms with Gasteiger partial charge in [0.25, 0.3) is 0 Å². The predicted molar refractivity (Wildman–Crippen MR) is 121 cm³/mol. The first-order valence-electron chi connectivity index (χ1n) is 10.6. The molecule has 0 unspecified atom stereocenters. The van der Waals surface area contributed by atoms with E-state index in [0.717, 1.165) is 34.3 Å². The summed E-state index contributed by atoms with van der Waals surface area (Å²) in [6.07, 6.45) is 6.02. The molecule has 0 spiro atoms. The van der Waals surface area contributed by atoms with Gasteiger partial charge in [-0.3, -0.25) is 0 Å². The van der Waals surface area contributed by atoms with Crippen molar-refractivity contribution in [1.29, 1.82) is 0 Å². The van der Waals surface area contributed by atoms with Crippen LogP contribution in [0.25, 0.3) is 16.8 Å². The molecule has 162 valence electrons. The van der Waals surface area contributed by atoms with E-state index < -0.39 is 0 Å². The second-order valence-corrected chi connectivity index (χ2v) is 7.86. The third-order valence-electron chi connectivity index (χ3n) is 5.32. The molecule has 0 amide bonds. The van der Waals surface area contributed by atoms with Crippen molar-refractivity contribution >= 4 is 17.5 Å². The molecule has 0 saturated heterocycles. The Kier molecular flexibility index (Phi) is 6.18. The molecule has 0 saturated carbocycles. The minimum atomic E-state index is -0.101. The van der Waals surface area contributed by atoms with Crippen LogP contribution in [0.3, 0.4) is 0 Å².